The Morgan fingerprint density at radius 3 is 2.78 bits per heavy atom. The summed E-state index contributed by atoms with van der Waals surface area (Å²) in [7, 11) is 0. The molecule has 0 fully saturated rings. The Balaban J connectivity index is 2.19. The molecule has 96 valence electrons. The molecule has 5 heteroatoms. The average Bonchev–Trinajstić information content (AvgIpc) is 2.62. The Bertz CT molecular complexity index is 583. The van der Waals surface area contributed by atoms with Crippen LogP contribution in [0, 0.1) is 0 Å². The smallest absolute Gasteiger partial charge is 0.412 e. The average molecular weight is 312 g/mol. The highest BCUT2D eigenvalue weighted by Gasteiger charge is 2.16. The Kier molecular flexibility index (Phi) is 3.34. The summed E-state index contributed by atoms with van der Waals surface area (Å²) in [6.07, 6.45) is 1.13. The zero-order chi connectivity index (χ0) is 13.3. The number of halogens is 1. The Morgan fingerprint density at radius 1 is 1.39 bits per heavy atom. The van der Waals surface area contributed by atoms with Crippen LogP contribution in [-0.4, -0.2) is 11.7 Å². The fraction of sp³-hybridized carbons (Fsp3) is 0.308. The van der Waals surface area contributed by atoms with E-state index >= 15 is 0 Å². The second-order valence-electron chi connectivity index (χ2n) is 4.92. The van der Waals surface area contributed by atoms with Gasteiger partial charge >= 0.3 is 6.09 Å². The first-order valence-electron chi connectivity index (χ1n) is 5.52. The predicted molar refractivity (Wildman–Crippen MR) is 73.8 cm³/mol. The zero-order valence-corrected chi connectivity index (χ0v) is 12.0. The summed E-state index contributed by atoms with van der Waals surface area (Å²) in [4.78, 5) is 11.6. The van der Waals surface area contributed by atoms with Gasteiger partial charge in [-0.3, -0.25) is 5.32 Å². The molecule has 0 saturated heterocycles. The first-order valence-corrected chi connectivity index (χ1v) is 6.31. The third-order valence-electron chi connectivity index (χ3n) is 2.15. The normalized spacial score (nSPS) is 11.6. The SMILES string of the molecule is CC(C)(C)OC(=O)Nc1cc(Br)c2occc2c1. The number of hydrogen-bond donors (Lipinski definition) is 1. The molecule has 0 aliphatic rings. The highest BCUT2D eigenvalue weighted by molar-refractivity contribution is 9.10. The standard InChI is InChI=1S/C13H14BrNO3/c1-13(2,3)18-12(16)15-9-6-8-4-5-17-11(8)10(14)7-9/h4-7H,1-3H3,(H,15,16). The van der Waals surface area contributed by atoms with E-state index < -0.39 is 11.7 Å². The fourth-order valence-corrected chi connectivity index (χ4v) is 2.10. The van der Waals surface area contributed by atoms with Crippen molar-refractivity contribution in [2.75, 3.05) is 5.32 Å². The quantitative estimate of drug-likeness (QED) is 0.841. The molecule has 2 aromatic rings. The molecule has 0 aliphatic carbocycles. The van der Waals surface area contributed by atoms with Crippen LogP contribution in [0.4, 0.5) is 10.5 Å². The largest absolute Gasteiger partial charge is 0.463 e. The van der Waals surface area contributed by atoms with Gasteiger partial charge in [0, 0.05) is 11.1 Å². The molecule has 1 amide bonds. The molecule has 0 atom stereocenters. The van der Waals surface area contributed by atoms with E-state index in [4.69, 9.17) is 9.15 Å². The molecule has 4 nitrogen and oxygen atoms in total. The summed E-state index contributed by atoms with van der Waals surface area (Å²) in [6, 6.07) is 5.43. The molecular formula is C13H14BrNO3. The molecule has 18 heavy (non-hydrogen) atoms. The number of nitrogens with one attached hydrogen (secondary N) is 1. The molecule has 0 bridgehead atoms. The van der Waals surface area contributed by atoms with Crippen LogP contribution in [0.1, 0.15) is 20.8 Å². The molecule has 1 N–H and O–H groups in total. The summed E-state index contributed by atoms with van der Waals surface area (Å²) in [5.41, 5.74) is 0.899. The number of carbonyl (C=O) groups excluding carboxylic acids is 1. The van der Waals surface area contributed by atoms with Crippen LogP contribution in [0.5, 0.6) is 0 Å². The van der Waals surface area contributed by atoms with Crippen LogP contribution in [0.3, 0.4) is 0 Å². The molecule has 2 rings (SSSR count). The van der Waals surface area contributed by atoms with Crippen LogP contribution in [0.25, 0.3) is 11.0 Å². The van der Waals surface area contributed by atoms with Crippen molar-refractivity contribution in [3.63, 3.8) is 0 Å². The van der Waals surface area contributed by atoms with Gasteiger partial charge in [-0.1, -0.05) is 0 Å². The van der Waals surface area contributed by atoms with Gasteiger partial charge in [0.25, 0.3) is 0 Å². The lowest BCUT2D eigenvalue weighted by atomic mass is 10.2. The van der Waals surface area contributed by atoms with Crippen molar-refractivity contribution < 1.29 is 13.9 Å². The predicted octanol–water partition coefficient (Wildman–Crippen LogP) is 4.54. The summed E-state index contributed by atoms with van der Waals surface area (Å²) in [6.45, 7) is 5.46. The molecule has 1 aromatic heterocycles. The number of ether oxygens (including phenoxy) is 1. The second kappa shape index (κ2) is 4.65. The van der Waals surface area contributed by atoms with E-state index in [1.54, 1.807) is 12.3 Å². The van der Waals surface area contributed by atoms with E-state index in [1.165, 1.54) is 0 Å². The van der Waals surface area contributed by atoms with Crippen molar-refractivity contribution in [2.24, 2.45) is 0 Å². The lowest BCUT2D eigenvalue weighted by Crippen LogP contribution is -2.27. The van der Waals surface area contributed by atoms with Crippen molar-refractivity contribution in [1.29, 1.82) is 0 Å². The van der Waals surface area contributed by atoms with E-state index in [9.17, 15) is 4.79 Å². The van der Waals surface area contributed by atoms with Crippen LogP contribution in [0.15, 0.2) is 33.4 Å². The van der Waals surface area contributed by atoms with Crippen LogP contribution in [0.2, 0.25) is 0 Å². The van der Waals surface area contributed by atoms with E-state index in [-0.39, 0.29) is 0 Å². The first kappa shape index (κ1) is 13.0. The topological polar surface area (TPSA) is 51.5 Å². The lowest BCUT2D eigenvalue weighted by molar-refractivity contribution is 0.0636. The van der Waals surface area contributed by atoms with Gasteiger partial charge in [0.1, 0.15) is 11.2 Å². The monoisotopic (exact) mass is 311 g/mol. The minimum atomic E-state index is -0.513. The summed E-state index contributed by atoms with van der Waals surface area (Å²) < 4.78 is 11.3. The van der Waals surface area contributed by atoms with Gasteiger partial charge in [-0.15, -0.1) is 0 Å². The van der Waals surface area contributed by atoms with Gasteiger partial charge in [-0.2, -0.15) is 0 Å². The van der Waals surface area contributed by atoms with E-state index in [2.05, 4.69) is 21.2 Å². The van der Waals surface area contributed by atoms with Crippen molar-refractivity contribution in [2.45, 2.75) is 26.4 Å². The van der Waals surface area contributed by atoms with Crippen LogP contribution >= 0.6 is 15.9 Å². The van der Waals surface area contributed by atoms with Gasteiger partial charge in [0.05, 0.1) is 10.7 Å². The number of hydrogen-bond acceptors (Lipinski definition) is 3. The van der Waals surface area contributed by atoms with Gasteiger partial charge in [-0.05, 0) is 54.9 Å². The fourth-order valence-electron chi connectivity index (χ4n) is 1.53. The molecular weight excluding hydrogens is 298 g/mol. The van der Waals surface area contributed by atoms with E-state index in [0.29, 0.717) is 5.69 Å². The number of anilines is 1. The minimum absolute atomic E-state index is 0.475. The molecule has 0 aliphatic heterocycles. The number of carbonyl (C=O) groups is 1. The second-order valence-corrected chi connectivity index (χ2v) is 5.78. The number of rotatable bonds is 1. The third kappa shape index (κ3) is 3.04. The highest BCUT2D eigenvalue weighted by atomic mass is 79.9. The van der Waals surface area contributed by atoms with Crippen molar-refractivity contribution in [1.82, 2.24) is 0 Å². The van der Waals surface area contributed by atoms with E-state index in [0.717, 1.165) is 15.4 Å². The highest BCUT2D eigenvalue weighted by Crippen LogP contribution is 2.29. The van der Waals surface area contributed by atoms with Crippen molar-refractivity contribution in [3.05, 3.63) is 28.9 Å². The number of fused-ring (bicyclic) bond motifs is 1. The number of furan rings is 1. The number of amides is 1. The van der Waals surface area contributed by atoms with Crippen LogP contribution in [-0.2, 0) is 4.74 Å². The molecule has 1 aromatic carbocycles. The minimum Gasteiger partial charge on any atom is -0.463 e. The molecule has 0 saturated carbocycles. The summed E-state index contributed by atoms with van der Waals surface area (Å²) in [5.74, 6) is 0. The van der Waals surface area contributed by atoms with Crippen molar-refractivity contribution in [3.8, 4) is 0 Å². The lowest BCUT2D eigenvalue weighted by Gasteiger charge is -2.19. The molecule has 0 radical (unpaired) electrons. The maximum Gasteiger partial charge on any atom is 0.412 e. The molecule has 1 heterocycles. The van der Waals surface area contributed by atoms with Gasteiger partial charge in [0.2, 0.25) is 0 Å². The number of benzene rings is 1. The first-order chi connectivity index (χ1) is 8.35. The Hall–Kier alpha value is -1.49. The third-order valence-corrected chi connectivity index (χ3v) is 2.74. The van der Waals surface area contributed by atoms with Gasteiger partial charge in [-0.25, -0.2) is 4.79 Å². The summed E-state index contributed by atoms with van der Waals surface area (Å²) >= 11 is 3.39. The maximum absolute atomic E-state index is 11.6. The van der Waals surface area contributed by atoms with Crippen LogP contribution < -0.4 is 5.32 Å². The molecule has 0 unspecified atom stereocenters. The van der Waals surface area contributed by atoms with Crippen molar-refractivity contribution >= 4 is 38.7 Å². The maximum atomic E-state index is 11.6. The Morgan fingerprint density at radius 2 is 2.11 bits per heavy atom. The van der Waals surface area contributed by atoms with Gasteiger partial charge in [0.15, 0.2) is 0 Å². The zero-order valence-electron chi connectivity index (χ0n) is 10.4. The summed E-state index contributed by atoms with van der Waals surface area (Å²) in [5, 5.41) is 3.60. The Labute approximate surface area is 113 Å². The van der Waals surface area contributed by atoms with Gasteiger partial charge < -0.3 is 9.15 Å². The van der Waals surface area contributed by atoms with E-state index in [1.807, 2.05) is 32.9 Å². The molecule has 0 spiro atoms.